The quantitative estimate of drug-likeness (QED) is 0.363. The normalized spacial score (nSPS) is 12.4. The highest BCUT2D eigenvalue weighted by Crippen LogP contribution is 2.11. The summed E-state index contributed by atoms with van der Waals surface area (Å²) >= 11 is 7.29. The van der Waals surface area contributed by atoms with Gasteiger partial charge in [0, 0.05) is 16.3 Å². The van der Waals surface area contributed by atoms with Crippen molar-refractivity contribution in [2.24, 2.45) is 5.73 Å². The average molecular weight is 410 g/mol. The molecule has 0 bridgehead atoms. The number of amides is 1. The molecular weight excluding hydrogens is 390 g/mol. The number of carbonyl (C=O) groups excluding carboxylic acids is 3. The largest absolute Gasteiger partial charge is 0.456 e. The van der Waals surface area contributed by atoms with Gasteiger partial charge in [0.1, 0.15) is 17.7 Å². The van der Waals surface area contributed by atoms with E-state index in [4.69, 9.17) is 27.3 Å². The maximum Gasteiger partial charge on any atom is 0.329 e. The summed E-state index contributed by atoms with van der Waals surface area (Å²) in [5.74, 6) is -1.32. The number of allylic oxidation sites excluding steroid dienone is 1. The lowest BCUT2D eigenvalue weighted by molar-refractivity contribution is -0.149. The lowest BCUT2D eigenvalue weighted by Crippen LogP contribution is -2.42. The standard InChI is InChI=1S/C18H20ClN3O4S/c1-11(21)14(9-20)16(23)10-26-18(25)15(7-8-27-2)22-17(24)12-3-5-13(19)6-4-12/h3-6,15H,7-8,10,21H2,1-2H3,(H,22,24)/b14-11-. The Balaban J connectivity index is 2.77. The van der Waals surface area contributed by atoms with E-state index in [2.05, 4.69) is 5.32 Å². The van der Waals surface area contributed by atoms with Crippen LogP contribution < -0.4 is 11.1 Å². The number of hydrogen-bond donors (Lipinski definition) is 2. The highest BCUT2D eigenvalue weighted by Gasteiger charge is 2.24. The third-order valence-corrected chi connectivity index (χ3v) is 4.33. The molecule has 0 saturated heterocycles. The predicted molar refractivity (Wildman–Crippen MR) is 104 cm³/mol. The molecule has 1 atom stereocenters. The summed E-state index contributed by atoms with van der Waals surface area (Å²) in [5.41, 5.74) is 5.58. The minimum Gasteiger partial charge on any atom is -0.456 e. The van der Waals surface area contributed by atoms with Crippen molar-refractivity contribution in [1.82, 2.24) is 5.32 Å². The van der Waals surface area contributed by atoms with E-state index in [9.17, 15) is 14.4 Å². The Morgan fingerprint density at radius 3 is 2.48 bits per heavy atom. The number of benzene rings is 1. The van der Waals surface area contributed by atoms with Gasteiger partial charge in [0.05, 0.1) is 0 Å². The minimum atomic E-state index is -0.929. The number of nitrogens with two attached hydrogens (primary N) is 1. The Hall–Kier alpha value is -2.50. The van der Waals surface area contributed by atoms with Crippen LogP contribution >= 0.6 is 23.4 Å². The number of esters is 1. The van der Waals surface area contributed by atoms with Crippen LogP contribution in [0.1, 0.15) is 23.7 Å². The Morgan fingerprint density at radius 2 is 1.96 bits per heavy atom. The number of Topliss-reactive ketones (excluding diaryl/α,β-unsaturated/α-hetero) is 1. The van der Waals surface area contributed by atoms with Crippen molar-refractivity contribution < 1.29 is 19.1 Å². The molecule has 3 N–H and O–H groups in total. The first kappa shape index (κ1) is 22.5. The number of hydrogen-bond acceptors (Lipinski definition) is 7. The molecule has 1 unspecified atom stereocenters. The Kier molecular flexibility index (Phi) is 9.40. The second kappa shape index (κ2) is 11.3. The molecule has 0 heterocycles. The number of nitriles is 1. The molecule has 0 aromatic heterocycles. The van der Waals surface area contributed by atoms with Crippen molar-refractivity contribution in [3.8, 4) is 6.07 Å². The van der Waals surface area contributed by atoms with E-state index in [1.165, 1.54) is 30.8 Å². The van der Waals surface area contributed by atoms with Crippen LogP contribution in [0.3, 0.4) is 0 Å². The van der Waals surface area contributed by atoms with E-state index in [0.29, 0.717) is 22.8 Å². The fraction of sp³-hybridized carbons (Fsp3) is 0.333. The van der Waals surface area contributed by atoms with E-state index in [0.717, 1.165) is 0 Å². The maximum atomic E-state index is 12.3. The van der Waals surface area contributed by atoms with Gasteiger partial charge >= 0.3 is 5.97 Å². The minimum absolute atomic E-state index is 0.0496. The first-order valence-electron chi connectivity index (χ1n) is 7.91. The number of thioether (sulfide) groups is 1. The SMILES string of the molecule is CSCCC(NC(=O)c1ccc(Cl)cc1)C(=O)OCC(=O)/C(C#N)=C(/C)N. The first-order valence-corrected chi connectivity index (χ1v) is 9.69. The van der Waals surface area contributed by atoms with Crippen molar-refractivity contribution >= 4 is 41.0 Å². The lowest BCUT2D eigenvalue weighted by atomic mass is 10.1. The number of nitrogens with zero attached hydrogens (tertiary/aromatic N) is 1. The van der Waals surface area contributed by atoms with Gasteiger partial charge in [0.25, 0.3) is 5.91 Å². The summed E-state index contributed by atoms with van der Waals surface area (Å²) < 4.78 is 4.98. The Bertz CT molecular complexity index is 768. The van der Waals surface area contributed by atoms with Crippen molar-refractivity contribution in [2.75, 3.05) is 18.6 Å². The first-order chi connectivity index (χ1) is 12.8. The summed E-state index contributed by atoms with van der Waals surface area (Å²) in [5, 5.41) is 12.0. The van der Waals surface area contributed by atoms with Crippen molar-refractivity contribution in [3.05, 3.63) is 46.1 Å². The monoisotopic (exact) mass is 409 g/mol. The fourth-order valence-corrected chi connectivity index (χ4v) is 2.60. The topological polar surface area (TPSA) is 122 Å². The van der Waals surface area contributed by atoms with E-state index in [1.807, 2.05) is 6.26 Å². The van der Waals surface area contributed by atoms with Crippen LogP contribution in [0.4, 0.5) is 0 Å². The van der Waals surface area contributed by atoms with Crippen LogP contribution in [0.25, 0.3) is 0 Å². The van der Waals surface area contributed by atoms with Crippen LogP contribution in [0.15, 0.2) is 35.5 Å². The second-order valence-corrected chi connectivity index (χ2v) is 6.94. The number of carbonyl (C=O) groups is 3. The van der Waals surface area contributed by atoms with Gasteiger partial charge in [-0.3, -0.25) is 9.59 Å². The van der Waals surface area contributed by atoms with Crippen molar-refractivity contribution in [2.45, 2.75) is 19.4 Å². The molecule has 1 rings (SSSR count). The molecule has 1 amide bonds. The van der Waals surface area contributed by atoms with Crippen LogP contribution in [0.5, 0.6) is 0 Å². The highest BCUT2D eigenvalue weighted by molar-refractivity contribution is 7.98. The number of nitrogens with one attached hydrogen (secondary N) is 1. The second-order valence-electron chi connectivity index (χ2n) is 5.52. The van der Waals surface area contributed by atoms with Crippen molar-refractivity contribution in [1.29, 1.82) is 5.26 Å². The summed E-state index contributed by atoms with van der Waals surface area (Å²) in [6.07, 6.45) is 2.19. The van der Waals surface area contributed by atoms with Gasteiger partial charge in [-0.1, -0.05) is 11.6 Å². The number of ketones is 1. The smallest absolute Gasteiger partial charge is 0.329 e. The van der Waals surface area contributed by atoms with E-state index < -0.39 is 30.3 Å². The summed E-state index contributed by atoms with van der Waals surface area (Å²) in [4.78, 5) is 36.5. The fourth-order valence-electron chi connectivity index (χ4n) is 2.01. The van der Waals surface area contributed by atoms with Gasteiger partial charge < -0.3 is 15.8 Å². The Morgan fingerprint density at radius 1 is 1.33 bits per heavy atom. The van der Waals surface area contributed by atoms with Gasteiger partial charge in [-0.25, -0.2) is 4.79 Å². The zero-order valence-electron chi connectivity index (χ0n) is 15.0. The summed E-state index contributed by atoms with van der Waals surface area (Å²) in [6.45, 7) is 0.786. The van der Waals surface area contributed by atoms with E-state index in [1.54, 1.807) is 18.2 Å². The molecule has 144 valence electrons. The molecule has 27 heavy (non-hydrogen) atoms. The van der Waals surface area contributed by atoms with Gasteiger partial charge in [0.2, 0.25) is 5.78 Å². The Labute approximate surface area is 166 Å². The maximum absolute atomic E-state index is 12.3. The molecule has 1 aromatic rings. The van der Waals surface area contributed by atoms with Crippen LogP contribution in [-0.2, 0) is 14.3 Å². The molecule has 7 nitrogen and oxygen atoms in total. The van der Waals surface area contributed by atoms with E-state index >= 15 is 0 Å². The van der Waals surface area contributed by atoms with Gasteiger partial charge in [0.15, 0.2) is 6.61 Å². The van der Waals surface area contributed by atoms with Gasteiger partial charge in [-0.15, -0.1) is 0 Å². The third-order valence-electron chi connectivity index (χ3n) is 3.44. The highest BCUT2D eigenvalue weighted by atomic mass is 35.5. The van der Waals surface area contributed by atoms with Crippen LogP contribution in [0.2, 0.25) is 5.02 Å². The number of ether oxygens (including phenoxy) is 1. The molecular formula is C18H20ClN3O4S. The molecule has 0 fully saturated rings. The average Bonchev–Trinajstić information content (AvgIpc) is 2.63. The van der Waals surface area contributed by atoms with Gasteiger partial charge in [-0.05, 0) is 49.6 Å². The molecule has 0 aliphatic heterocycles. The molecule has 0 aliphatic rings. The molecule has 0 radical (unpaired) electrons. The molecule has 0 saturated carbocycles. The summed E-state index contributed by atoms with van der Waals surface area (Å²) in [7, 11) is 0. The van der Waals surface area contributed by atoms with Crippen LogP contribution in [0, 0.1) is 11.3 Å². The number of rotatable bonds is 9. The molecule has 0 aliphatic carbocycles. The molecule has 9 heteroatoms. The van der Waals surface area contributed by atoms with Crippen LogP contribution in [-0.4, -0.2) is 42.3 Å². The predicted octanol–water partition coefficient (Wildman–Crippen LogP) is 2.06. The lowest BCUT2D eigenvalue weighted by Gasteiger charge is -2.17. The number of halogens is 1. The van der Waals surface area contributed by atoms with E-state index in [-0.39, 0.29) is 11.3 Å². The summed E-state index contributed by atoms with van der Waals surface area (Å²) in [6, 6.07) is 6.95. The van der Waals surface area contributed by atoms with Gasteiger partial charge in [-0.2, -0.15) is 17.0 Å². The van der Waals surface area contributed by atoms with Crippen molar-refractivity contribution in [3.63, 3.8) is 0 Å². The molecule has 0 spiro atoms. The third kappa shape index (κ3) is 7.33. The molecule has 1 aromatic carbocycles. The zero-order valence-corrected chi connectivity index (χ0v) is 16.5. The zero-order chi connectivity index (χ0) is 20.4.